The van der Waals surface area contributed by atoms with Crippen molar-refractivity contribution in [3.05, 3.63) is 0 Å². The molecule has 0 saturated heterocycles. The predicted molar refractivity (Wildman–Crippen MR) is 48.7 cm³/mol. The topological polar surface area (TPSA) is 96.2 Å². The summed E-state index contributed by atoms with van der Waals surface area (Å²) in [5, 5.41) is 11.5. The molecule has 1 rings (SSSR count). The van der Waals surface area contributed by atoms with Crippen LogP contribution >= 0.6 is 0 Å². The van der Waals surface area contributed by atoms with Crippen LogP contribution in [0.1, 0.15) is 32.6 Å². The summed E-state index contributed by atoms with van der Waals surface area (Å²) in [7, 11) is -4.51. The lowest BCUT2D eigenvalue weighted by Crippen LogP contribution is -2.39. The van der Waals surface area contributed by atoms with E-state index < -0.39 is 16.0 Å². The summed E-state index contributed by atoms with van der Waals surface area (Å²) < 4.78 is 34.4. The van der Waals surface area contributed by atoms with Crippen LogP contribution in [-0.4, -0.2) is 29.5 Å². The highest BCUT2D eigenvalue weighted by atomic mass is 32.3. The minimum atomic E-state index is -4.51. The molecule has 0 unspecified atom stereocenters. The number of rotatable bonds is 3. The Morgan fingerprint density at radius 1 is 1.43 bits per heavy atom. The molecule has 7 heteroatoms. The number of oxime groups is 1. The summed E-state index contributed by atoms with van der Waals surface area (Å²) in [5.41, 5.74) is -0.977. The van der Waals surface area contributed by atoms with E-state index in [4.69, 9.17) is 9.76 Å². The second kappa shape index (κ2) is 3.84. The molecule has 0 spiro atoms. The van der Waals surface area contributed by atoms with Gasteiger partial charge in [0.1, 0.15) is 5.60 Å². The number of hydrogen-bond donors (Lipinski definition) is 2. The van der Waals surface area contributed by atoms with Crippen LogP contribution in [0.25, 0.3) is 0 Å². The van der Waals surface area contributed by atoms with Crippen LogP contribution < -0.4 is 0 Å². The van der Waals surface area contributed by atoms with Gasteiger partial charge in [0.15, 0.2) is 0 Å². The standard InChI is InChI=1S/C7H13NO5S/c1-6(8-9)7(4-2-3-5-7)13-14(10,11)12/h9H,2-5H2,1H3,(H,10,11,12)/b8-6+. The van der Waals surface area contributed by atoms with E-state index in [-0.39, 0.29) is 5.71 Å². The Kier molecular flexibility index (Phi) is 3.13. The SMILES string of the molecule is C/C(=N\O)C1(OS(=O)(=O)O)CCCC1. The third-order valence-corrected chi connectivity index (χ3v) is 3.02. The van der Waals surface area contributed by atoms with Crippen molar-refractivity contribution in [3.63, 3.8) is 0 Å². The molecule has 0 radical (unpaired) electrons. The maximum atomic E-state index is 10.6. The monoisotopic (exact) mass is 223 g/mol. The quantitative estimate of drug-likeness (QED) is 0.321. The molecule has 82 valence electrons. The van der Waals surface area contributed by atoms with Crippen LogP contribution in [0.5, 0.6) is 0 Å². The first-order valence-corrected chi connectivity index (χ1v) is 5.63. The van der Waals surface area contributed by atoms with Crippen LogP contribution in [0.3, 0.4) is 0 Å². The number of hydrogen-bond acceptors (Lipinski definition) is 5. The molecule has 1 fully saturated rings. The second-order valence-electron chi connectivity index (χ2n) is 3.40. The van der Waals surface area contributed by atoms with Crippen molar-refractivity contribution in [1.29, 1.82) is 0 Å². The molecule has 0 bridgehead atoms. The lowest BCUT2D eigenvalue weighted by molar-refractivity contribution is 0.129. The van der Waals surface area contributed by atoms with Gasteiger partial charge in [0.05, 0.1) is 5.71 Å². The second-order valence-corrected chi connectivity index (χ2v) is 4.42. The van der Waals surface area contributed by atoms with Gasteiger partial charge in [0, 0.05) is 0 Å². The van der Waals surface area contributed by atoms with E-state index in [1.54, 1.807) is 0 Å². The average Bonchev–Trinajstić information content (AvgIpc) is 2.49. The summed E-state index contributed by atoms with van der Waals surface area (Å²) in [4.78, 5) is 0. The molecule has 0 aromatic rings. The number of nitrogens with zero attached hydrogens (tertiary/aromatic N) is 1. The van der Waals surface area contributed by atoms with Gasteiger partial charge in [-0.25, -0.2) is 4.18 Å². The van der Waals surface area contributed by atoms with E-state index in [2.05, 4.69) is 9.34 Å². The van der Waals surface area contributed by atoms with Gasteiger partial charge in [0.2, 0.25) is 0 Å². The maximum absolute atomic E-state index is 10.6. The third kappa shape index (κ3) is 2.43. The molecule has 2 N–H and O–H groups in total. The maximum Gasteiger partial charge on any atom is 0.398 e. The molecule has 1 saturated carbocycles. The van der Waals surface area contributed by atoms with Crippen molar-refractivity contribution in [3.8, 4) is 0 Å². The van der Waals surface area contributed by atoms with Gasteiger partial charge >= 0.3 is 10.4 Å². The molecule has 0 amide bonds. The summed E-state index contributed by atoms with van der Waals surface area (Å²) in [6, 6.07) is 0. The van der Waals surface area contributed by atoms with E-state index in [9.17, 15) is 8.42 Å². The van der Waals surface area contributed by atoms with Crippen molar-refractivity contribution in [2.24, 2.45) is 5.16 Å². The lowest BCUT2D eigenvalue weighted by Gasteiger charge is -2.25. The molecule has 0 aromatic heterocycles. The Morgan fingerprint density at radius 2 is 1.93 bits per heavy atom. The molecule has 0 aliphatic heterocycles. The van der Waals surface area contributed by atoms with Crippen LogP contribution in [0, 0.1) is 0 Å². The Hall–Kier alpha value is -0.660. The fourth-order valence-corrected chi connectivity index (χ4v) is 2.43. The Balaban J connectivity index is 2.94. The van der Waals surface area contributed by atoms with E-state index in [0.29, 0.717) is 12.8 Å². The smallest absolute Gasteiger partial charge is 0.398 e. The van der Waals surface area contributed by atoms with Gasteiger partial charge in [0.25, 0.3) is 0 Å². The molecule has 0 aromatic carbocycles. The highest BCUT2D eigenvalue weighted by Crippen LogP contribution is 2.35. The van der Waals surface area contributed by atoms with Crippen LogP contribution in [-0.2, 0) is 14.6 Å². The van der Waals surface area contributed by atoms with Crippen LogP contribution in [0.2, 0.25) is 0 Å². The van der Waals surface area contributed by atoms with Crippen LogP contribution in [0.15, 0.2) is 5.16 Å². The molecular weight excluding hydrogens is 210 g/mol. The first kappa shape index (κ1) is 11.4. The van der Waals surface area contributed by atoms with Crippen LogP contribution in [0.4, 0.5) is 0 Å². The molecule has 1 aliphatic carbocycles. The summed E-state index contributed by atoms with van der Waals surface area (Å²) >= 11 is 0. The van der Waals surface area contributed by atoms with Gasteiger partial charge in [-0.1, -0.05) is 5.16 Å². The highest BCUT2D eigenvalue weighted by molar-refractivity contribution is 7.81. The molecule has 6 nitrogen and oxygen atoms in total. The first-order chi connectivity index (χ1) is 6.40. The van der Waals surface area contributed by atoms with Gasteiger partial charge in [-0.15, -0.1) is 0 Å². The zero-order valence-electron chi connectivity index (χ0n) is 7.80. The van der Waals surface area contributed by atoms with E-state index in [1.807, 2.05) is 0 Å². The Bertz CT molecular complexity index is 328. The van der Waals surface area contributed by atoms with Crippen molar-refractivity contribution < 1.29 is 22.4 Å². The summed E-state index contributed by atoms with van der Waals surface area (Å²) in [5.74, 6) is 0. The fourth-order valence-electron chi connectivity index (χ4n) is 1.74. The minimum absolute atomic E-state index is 0.174. The minimum Gasteiger partial charge on any atom is -0.411 e. The van der Waals surface area contributed by atoms with E-state index in [1.165, 1.54) is 6.92 Å². The summed E-state index contributed by atoms with van der Waals surface area (Å²) in [6.07, 6.45) is 2.43. The van der Waals surface area contributed by atoms with Crippen molar-refractivity contribution >= 4 is 16.1 Å². The lowest BCUT2D eigenvalue weighted by atomic mass is 9.97. The summed E-state index contributed by atoms with van der Waals surface area (Å²) in [6.45, 7) is 1.47. The van der Waals surface area contributed by atoms with E-state index in [0.717, 1.165) is 12.8 Å². The zero-order chi connectivity index (χ0) is 10.8. The Labute approximate surface area is 82.5 Å². The first-order valence-electron chi connectivity index (χ1n) is 4.27. The van der Waals surface area contributed by atoms with Gasteiger partial charge < -0.3 is 5.21 Å². The predicted octanol–water partition coefficient (Wildman–Crippen LogP) is 0.969. The van der Waals surface area contributed by atoms with Gasteiger partial charge in [-0.2, -0.15) is 8.42 Å². The zero-order valence-corrected chi connectivity index (χ0v) is 8.62. The normalized spacial score (nSPS) is 22.6. The fraction of sp³-hybridized carbons (Fsp3) is 0.857. The molecule has 0 heterocycles. The molecular formula is C7H13NO5S. The van der Waals surface area contributed by atoms with Gasteiger partial charge in [-0.05, 0) is 32.6 Å². The molecule has 0 atom stereocenters. The third-order valence-electron chi connectivity index (χ3n) is 2.49. The van der Waals surface area contributed by atoms with Crippen molar-refractivity contribution in [1.82, 2.24) is 0 Å². The average molecular weight is 223 g/mol. The van der Waals surface area contributed by atoms with Crippen molar-refractivity contribution in [2.75, 3.05) is 0 Å². The highest BCUT2D eigenvalue weighted by Gasteiger charge is 2.42. The molecule has 14 heavy (non-hydrogen) atoms. The van der Waals surface area contributed by atoms with E-state index >= 15 is 0 Å². The molecule has 1 aliphatic rings. The Morgan fingerprint density at radius 3 is 2.29 bits per heavy atom. The van der Waals surface area contributed by atoms with Crippen molar-refractivity contribution in [2.45, 2.75) is 38.2 Å². The largest absolute Gasteiger partial charge is 0.411 e. The van der Waals surface area contributed by atoms with Gasteiger partial charge in [-0.3, -0.25) is 4.55 Å².